The number of hydrogen-bond acceptors (Lipinski definition) is 3. The van der Waals surface area contributed by atoms with Crippen molar-refractivity contribution in [1.82, 2.24) is 15.5 Å². The molecule has 3 N–H and O–H groups in total. The van der Waals surface area contributed by atoms with Crippen molar-refractivity contribution in [3.63, 3.8) is 0 Å². The highest BCUT2D eigenvalue weighted by atomic mass is 35.5. The molecule has 0 saturated carbocycles. The normalized spacial score (nSPS) is 14.8. The van der Waals surface area contributed by atoms with Crippen molar-refractivity contribution in [3.8, 4) is 0 Å². The number of rotatable bonds is 6. The molecule has 0 aliphatic carbocycles. The molecule has 3 amide bonds. The summed E-state index contributed by atoms with van der Waals surface area (Å²) in [6.45, 7) is 1.34. The summed E-state index contributed by atoms with van der Waals surface area (Å²) in [4.78, 5) is 36.2. The molecule has 2 rings (SSSR count). The molecule has 0 aromatic heterocycles. The molecular formula is C17H22ClN3O4. The van der Waals surface area contributed by atoms with E-state index in [9.17, 15) is 14.4 Å². The molecule has 1 aliphatic rings. The highest BCUT2D eigenvalue weighted by molar-refractivity contribution is 6.30. The first-order valence-electron chi connectivity index (χ1n) is 8.19. The zero-order valence-electron chi connectivity index (χ0n) is 13.8. The van der Waals surface area contributed by atoms with Crippen LogP contribution in [0.5, 0.6) is 0 Å². The van der Waals surface area contributed by atoms with E-state index in [1.807, 2.05) is 12.1 Å². The number of hydrogen-bond donors (Lipinski definition) is 3. The lowest BCUT2D eigenvalue weighted by atomic mass is 9.93. The van der Waals surface area contributed by atoms with Crippen LogP contribution in [0.15, 0.2) is 24.3 Å². The Morgan fingerprint density at radius 3 is 2.36 bits per heavy atom. The third-order valence-electron chi connectivity index (χ3n) is 4.20. The average molecular weight is 368 g/mol. The fourth-order valence-corrected chi connectivity index (χ4v) is 2.87. The minimum Gasteiger partial charge on any atom is -0.481 e. The van der Waals surface area contributed by atoms with Gasteiger partial charge in [0.2, 0.25) is 5.91 Å². The van der Waals surface area contributed by atoms with E-state index in [4.69, 9.17) is 16.7 Å². The van der Waals surface area contributed by atoms with Gasteiger partial charge in [-0.05, 0) is 36.5 Å². The van der Waals surface area contributed by atoms with E-state index in [1.54, 1.807) is 17.0 Å². The van der Waals surface area contributed by atoms with E-state index in [0.29, 0.717) is 37.5 Å². The number of piperidine rings is 1. The lowest BCUT2D eigenvalue weighted by Crippen LogP contribution is -2.46. The van der Waals surface area contributed by atoms with E-state index >= 15 is 0 Å². The maximum Gasteiger partial charge on any atom is 0.315 e. The second kappa shape index (κ2) is 9.27. The summed E-state index contributed by atoms with van der Waals surface area (Å²) in [6.07, 6.45) is 1.51. The molecule has 1 heterocycles. The van der Waals surface area contributed by atoms with Gasteiger partial charge < -0.3 is 20.6 Å². The van der Waals surface area contributed by atoms with Crippen LogP contribution in [-0.4, -0.2) is 47.5 Å². The molecule has 8 heteroatoms. The zero-order chi connectivity index (χ0) is 18.2. The van der Waals surface area contributed by atoms with Crippen LogP contribution in [-0.2, 0) is 16.1 Å². The second-order valence-corrected chi connectivity index (χ2v) is 6.52. The first-order valence-corrected chi connectivity index (χ1v) is 8.57. The molecule has 1 fully saturated rings. The Hall–Kier alpha value is -2.28. The van der Waals surface area contributed by atoms with Crippen LogP contribution >= 0.6 is 11.6 Å². The lowest BCUT2D eigenvalue weighted by molar-refractivity contribution is -0.138. The number of benzene rings is 1. The molecule has 1 saturated heterocycles. The Bertz CT molecular complexity index is 613. The first-order chi connectivity index (χ1) is 11.9. The number of carboxylic acid groups (broad SMARTS) is 1. The van der Waals surface area contributed by atoms with Crippen molar-refractivity contribution in [1.29, 1.82) is 0 Å². The Kier molecular flexibility index (Phi) is 7.06. The maximum absolute atomic E-state index is 12.1. The van der Waals surface area contributed by atoms with Crippen LogP contribution < -0.4 is 10.6 Å². The number of amides is 3. The third-order valence-corrected chi connectivity index (χ3v) is 4.45. The zero-order valence-corrected chi connectivity index (χ0v) is 14.6. The SMILES string of the molecule is O=C(O)CC1CCN(C(=O)CNC(=O)NCc2ccc(Cl)cc2)CC1. The Morgan fingerprint density at radius 1 is 1.12 bits per heavy atom. The monoisotopic (exact) mass is 367 g/mol. The molecule has 0 unspecified atom stereocenters. The number of nitrogens with one attached hydrogen (secondary N) is 2. The molecule has 1 aromatic carbocycles. The van der Waals surface area contributed by atoms with Crippen LogP contribution in [0.3, 0.4) is 0 Å². The number of carboxylic acids is 1. The summed E-state index contributed by atoms with van der Waals surface area (Å²) in [6, 6.07) is 6.70. The van der Waals surface area contributed by atoms with Gasteiger partial charge in [0.15, 0.2) is 0 Å². The van der Waals surface area contributed by atoms with E-state index in [1.165, 1.54) is 0 Å². The van der Waals surface area contributed by atoms with Gasteiger partial charge in [-0.2, -0.15) is 0 Å². The van der Waals surface area contributed by atoms with Gasteiger partial charge in [-0.15, -0.1) is 0 Å². The second-order valence-electron chi connectivity index (χ2n) is 6.08. The van der Waals surface area contributed by atoms with Gasteiger partial charge in [-0.3, -0.25) is 9.59 Å². The number of urea groups is 1. The molecule has 0 bridgehead atoms. The van der Waals surface area contributed by atoms with Crippen molar-refractivity contribution in [2.24, 2.45) is 5.92 Å². The van der Waals surface area contributed by atoms with E-state index < -0.39 is 12.0 Å². The predicted molar refractivity (Wildman–Crippen MR) is 93.2 cm³/mol. The van der Waals surface area contributed by atoms with Crippen LogP contribution in [0.25, 0.3) is 0 Å². The smallest absolute Gasteiger partial charge is 0.315 e. The Balaban J connectivity index is 1.65. The standard InChI is InChI=1S/C17H22ClN3O4/c18-14-3-1-13(2-4-14)10-19-17(25)20-11-15(22)21-7-5-12(6-8-21)9-16(23)24/h1-4,12H,5-11H2,(H,23,24)(H2,19,20,25). The highest BCUT2D eigenvalue weighted by Gasteiger charge is 2.24. The quantitative estimate of drug-likeness (QED) is 0.714. The number of carbonyl (C=O) groups is 3. The molecule has 136 valence electrons. The molecule has 1 aliphatic heterocycles. The fourth-order valence-electron chi connectivity index (χ4n) is 2.75. The van der Waals surface area contributed by atoms with Crippen LogP contribution in [0.4, 0.5) is 4.79 Å². The number of likely N-dealkylation sites (tertiary alicyclic amines) is 1. The van der Waals surface area contributed by atoms with E-state index in [-0.39, 0.29) is 24.8 Å². The minimum absolute atomic E-state index is 0.0734. The van der Waals surface area contributed by atoms with Gasteiger partial charge in [0.25, 0.3) is 0 Å². The largest absolute Gasteiger partial charge is 0.481 e. The summed E-state index contributed by atoms with van der Waals surface area (Å²) in [5.74, 6) is -0.837. The molecule has 0 atom stereocenters. The van der Waals surface area contributed by atoms with Gasteiger partial charge in [0.1, 0.15) is 0 Å². The Morgan fingerprint density at radius 2 is 1.76 bits per heavy atom. The molecule has 7 nitrogen and oxygen atoms in total. The van der Waals surface area contributed by atoms with Crippen LogP contribution in [0.1, 0.15) is 24.8 Å². The van der Waals surface area contributed by atoms with Gasteiger partial charge in [0.05, 0.1) is 6.54 Å². The molecule has 0 radical (unpaired) electrons. The summed E-state index contributed by atoms with van der Waals surface area (Å²) in [7, 11) is 0. The average Bonchev–Trinajstić information content (AvgIpc) is 2.59. The van der Waals surface area contributed by atoms with Crippen LogP contribution in [0, 0.1) is 5.92 Å². The van der Waals surface area contributed by atoms with Crippen molar-refractivity contribution in [2.45, 2.75) is 25.8 Å². The van der Waals surface area contributed by atoms with Gasteiger partial charge in [0, 0.05) is 31.1 Å². The van der Waals surface area contributed by atoms with E-state index in [2.05, 4.69) is 10.6 Å². The van der Waals surface area contributed by atoms with Crippen LogP contribution in [0.2, 0.25) is 5.02 Å². The summed E-state index contributed by atoms with van der Waals surface area (Å²) in [5, 5.41) is 14.6. The molecule has 1 aromatic rings. The molecular weight excluding hydrogens is 346 g/mol. The Labute approximate surface area is 151 Å². The lowest BCUT2D eigenvalue weighted by Gasteiger charge is -2.31. The summed E-state index contributed by atoms with van der Waals surface area (Å²) in [5.41, 5.74) is 0.909. The number of aliphatic carboxylic acids is 1. The number of halogens is 1. The van der Waals surface area contributed by atoms with Crippen molar-refractivity contribution in [3.05, 3.63) is 34.9 Å². The van der Waals surface area contributed by atoms with Crippen molar-refractivity contribution in [2.75, 3.05) is 19.6 Å². The maximum atomic E-state index is 12.1. The molecule has 25 heavy (non-hydrogen) atoms. The van der Waals surface area contributed by atoms with E-state index in [0.717, 1.165) is 5.56 Å². The molecule has 0 spiro atoms. The number of carbonyl (C=O) groups excluding carboxylic acids is 2. The number of nitrogens with zero attached hydrogens (tertiary/aromatic N) is 1. The minimum atomic E-state index is -0.802. The summed E-state index contributed by atoms with van der Waals surface area (Å²) < 4.78 is 0. The van der Waals surface area contributed by atoms with Gasteiger partial charge in [-0.1, -0.05) is 23.7 Å². The van der Waals surface area contributed by atoms with Crippen molar-refractivity contribution < 1.29 is 19.5 Å². The highest BCUT2D eigenvalue weighted by Crippen LogP contribution is 2.20. The van der Waals surface area contributed by atoms with Gasteiger partial charge in [-0.25, -0.2) is 4.79 Å². The predicted octanol–water partition coefficient (Wildman–Crippen LogP) is 1.85. The van der Waals surface area contributed by atoms with Crippen molar-refractivity contribution >= 4 is 29.5 Å². The third kappa shape index (κ3) is 6.62. The fraction of sp³-hybridized carbons (Fsp3) is 0.471. The van der Waals surface area contributed by atoms with Gasteiger partial charge >= 0.3 is 12.0 Å². The summed E-state index contributed by atoms with van der Waals surface area (Å²) >= 11 is 5.80. The first kappa shape index (κ1) is 19.1. The topological polar surface area (TPSA) is 98.7 Å².